The lowest BCUT2D eigenvalue weighted by atomic mass is 9.80. The summed E-state index contributed by atoms with van der Waals surface area (Å²) in [6.45, 7) is 12.9. The second-order valence-electron chi connectivity index (χ2n) is 7.08. The van der Waals surface area contributed by atoms with Crippen LogP contribution >= 0.6 is 0 Å². The summed E-state index contributed by atoms with van der Waals surface area (Å²) in [4.78, 5) is 11.2. The highest BCUT2D eigenvalue weighted by molar-refractivity contribution is 5.71. The smallest absolute Gasteiger partial charge is 0.343 e. The highest BCUT2D eigenvalue weighted by Crippen LogP contribution is 2.35. The lowest BCUT2D eigenvalue weighted by Gasteiger charge is -2.27. The molecular weight excluding hydrogens is 252 g/mol. The van der Waals surface area contributed by atoms with Crippen molar-refractivity contribution >= 4 is 5.97 Å². The van der Waals surface area contributed by atoms with E-state index in [2.05, 4.69) is 58.4 Å². The van der Waals surface area contributed by atoms with Gasteiger partial charge >= 0.3 is 5.97 Å². The van der Waals surface area contributed by atoms with E-state index in [1.54, 1.807) is 0 Å². The molecule has 0 spiro atoms. The minimum Gasteiger partial charge on any atom is -0.482 e. The summed E-state index contributed by atoms with van der Waals surface area (Å²) in [7, 11) is 1.36. The summed E-state index contributed by atoms with van der Waals surface area (Å²) >= 11 is 0. The molecule has 3 nitrogen and oxygen atoms in total. The lowest BCUT2D eigenvalue weighted by molar-refractivity contribution is -0.142. The van der Waals surface area contributed by atoms with E-state index in [1.165, 1.54) is 12.7 Å². The van der Waals surface area contributed by atoms with Crippen LogP contribution in [0.15, 0.2) is 18.2 Å². The van der Waals surface area contributed by atoms with Gasteiger partial charge in [0.25, 0.3) is 0 Å². The quantitative estimate of drug-likeness (QED) is 0.788. The van der Waals surface area contributed by atoms with Crippen molar-refractivity contribution in [3.8, 4) is 5.75 Å². The molecule has 0 aromatic heterocycles. The zero-order chi connectivity index (χ0) is 15.6. The van der Waals surface area contributed by atoms with Gasteiger partial charge in [-0.1, -0.05) is 53.7 Å². The third-order valence-corrected chi connectivity index (χ3v) is 3.23. The van der Waals surface area contributed by atoms with Crippen molar-refractivity contribution in [1.82, 2.24) is 0 Å². The summed E-state index contributed by atoms with van der Waals surface area (Å²) in [5.41, 5.74) is 2.40. The summed E-state index contributed by atoms with van der Waals surface area (Å²) in [6, 6.07) is 6.18. The van der Waals surface area contributed by atoms with Crippen LogP contribution in [-0.4, -0.2) is 19.7 Å². The Morgan fingerprint density at radius 3 is 2.10 bits per heavy atom. The molecule has 0 bridgehead atoms. The van der Waals surface area contributed by atoms with Crippen molar-refractivity contribution in [2.24, 2.45) is 0 Å². The van der Waals surface area contributed by atoms with Crippen molar-refractivity contribution in [3.63, 3.8) is 0 Å². The first-order valence-electron chi connectivity index (χ1n) is 6.90. The number of hydrogen-bond donors (Lipinski definition) is 0. The van der Waals surface area contributed by atoms with Gasteiger partial charge in [-0.15, -0.1) is 0 Å². The van der Waals surface area contributed by atoms with Gasteiger partial charge in [-0.2, -0.15) is 0 Å². The SMILES string of the molecule is COC(=O)COc1ccc(C(C)(C)C)cc1C(C)(C)C. The summed E-state index contributed by atoms with van der Waals surface area (Å²) < 4.78 is 10.2. The Morgan fingerprint density at radius 1 is 1.05 bits per heavy atom. The first kappa shape index (κ1) is 16.5. The van der Waals surface area contributed by atoms with Crippen molar-refractivity contribution in [3.05, 3.63) is 29.3 Å². The van der Waals surface area contributed by atoms with Crippen LogP contribution in [0.2, 0.25) is 0 Å². The molecule has 0 aliphatic heterocycles. The summed E-state index contributed by atoms with van der Waals surface area (Å²) in [5.74, 6) is 0.376. The average Bonchev–Trinajstić information content (AvgIpc) is 2.33. The van der Waals surface area contributed by atoms with E-state index in [0.29, 0.717) is 0 Å². The van der Waals surface area contributed by atoms with E-state index in [-0.39, 0.29) is 23.4 Å². The maximum atomic E-state index is 11.2. The van der Waals surface area contributed by atoms with Gasteiger partial charge in [0, 0.05) is 0 Å². The molecule has 0 aliphatic carbocycles. The van der Waals surface area contributed by atoms with Crippen LogP contribution in [0.25, 0.3) is 0 Å². The zero-order valence-corrected chi connectivity index (χ0v) is 13.7. The molecule has 0 atom stereocenters. The molecule has 1 aromatic carbocycles. The Hall–Kier alpha value is -1.51. The van der Waals surface area contributed by atoms with Gasteiger partial charge in [-0.3, -0.25) is 0 Å². The molecule has 0 unspecified atom stereocenters. The van der Waals surface area contributed by atoms with Crippen LogP contribution in [0.5, 0.6) is 5.75 Å². The second kappa shape index (κ2) is 5.86. The minimum atomic E-state index is -0.371. The van der Waals surface area contributed by atoms with E-state index >= 15 is 0 Å². The predicted molar refractivity (Wildman–Crippen MR) is 81.4 cm³/mol. The van der Waals surface area contributed by atoms with Crippen LogP contribution in [0.1, 0.15) is 52.7 Å². The van der Waals surface area contributed by atoms with Crippen molar-refractivity contribution in [1.29, 1.82) is 0 Å². The molecule has 112 valence electrons. The molecule has 1 aromatic rings. The fourth-order valence-electron chi connectivity index (χ4n) is 1.90. The Morgan fingerprint density at radius 2 is 1.65 bits per heavy atom. The number of methoxy groups -OCH3 is 1. The minimum absolute atomic E-state index is 0.0489. The number of hydrogen-bond acceptors (Lipinski definition) is 3. The largest absolute Gasteiger partial charge is 0.482 e. The molecule has 0 aliphatic rings. The average molecular weight is 278 g/mol. The molecule has 0 saturated heterocycles. The molecule has 20 heavy (non-hydrogen) atoms. The summed E-state index contributed by atoms with van der Waals surface area (Å²) in [6.07, 6.45) is 0. The highest BCUT2D eigenvalue weighted by atomic mass is 16.6. The first-order chi connectivity index (χ1) is 9.05. The molecule has 0 radical (unpaired) electrons. The molecule has 0 N–H and O–H groups in total. The zero-order valence-electron chi connectivity index (χ0n) is 13.7. The van der Waals surface area contributed by atoms with E-state index in [0.717, 1.165) is 11.3 Å². The van der Waals surface area contributed by atoms with Crippen LogP contribution in [0, 0.1) is 0 Å². The van der Waals surface area contributed by atoms with E-state index in [1.807, 2.05) is 6.07 Å². The van der Waals surface area contributed by atoms with Crippen molar-refractivity contribution in [2.75, 3.05) is 13.7 Å². The number of rotatable bonds is 3. The van der Waals surface area contributed by atoms with Gasteiger partial charge in [0.2, 0.25) is 0 Å². The lowest BCUT2D eigenvalue weighted by Crippen LogP contribution is -2.19. The number of benzene rings is 1. The first-order valence-corrected chi connectivity index (χ1v) is 6.90. The number of carbonyl (C=O) groups is 1. The van der Waals surface area contributed by atoms with E-state index < -0.39 is 0 Å². The Bertz CT molecular complexity index is 476. The Balaban J connectivity index is 3.15. The van der Waals surface area contributed by atoms with Gasteiger partial charge in [0.1, 0.15) is 5.75 Å². The number of ether oxygens (including phenoxy) is 2. The third kappa shape index (κ3) is 4.26. The maximum absolute atomic E-state index is 11.2. The van der Waals surface area contributed by atoms with Gasteiger partial charge < -0.3 is 9.47 Å². The Kier molecular flexibility index (Phi) is 4.85. The van der Waals surface area contributed by atoms with Gasteiger partial charge in [-0.25, -0.2) is 4.79 Å². The molecular formula is C17H26O3. The van der Waals surface area contributed by atoms with Crippen molar-refractivity contribution in [2.45, 2.75) is 52.4 Å². The van der Waals surface area contributed by atoms with Crippen LogP contribution in [0.3, 0.4) is 0 Å². The van der Waals surface area contributed by atoms with Crippen LogP contribution in [0.4, 0.5) is 0 Å². The van der Waals surface area contributed by atoms with E-state index in [9.17, 15) is 4.79 Å². The number of esters is 1. The van der Waals surface area contributed by atoms with Crippen molar-refractivity contribution < 1.29 is 14.3 Å². The predicted octanol–water partition coefficient (Wildman–Crippen LogP) is 3.83. The van der Waals surface area contributed by atoms with E-state index in [4.69, 9.17) is 4.74 Å². The summed E-state index contributed by atoms with van der Waals surface area (Å²) in [5, 5.41) is 0. The standard InChI is InChI=1S/C17H26O3/c1-16(2,3)12-8-9-14(20-11-15(18)19-7)13(10-12)17(4,5)6/h8-10H,11H2,1-7H3. The van der Waals surface area contributed by atoms with Crippen LogP contribution < -0.4 is 4.74 Å². The van der Waals surface area contributed by atoms with Gasteiger partial charge in [-0.05, 0) is 28.0 Å². The monoisotopic (exact) mass is 278 g/mol. The third-order valence-electron chi connectivity index (χ3n) is 3.23. The fourth-order valence-corrected chi connectivity index (χ4v) is 1.90. The normalized spacial score (nSPS) is 12.2. The fraction of sp³-hybridized carbons (Fsp3) is 0.588. The molecule has 3 heteroatoms. The van der Waals surface area contributed by atoms with Gasteiger partial charge in [0.05, 0.1) is 7.11 Å². The molecule has 0 amide bonds. The van der Waals surface area contributed by atoms with Crippen LogP contribution in [-0.2, 0) is 20.4 Å². The molecule has 1 rings (SSSR count). The molecule has 0 saturated carbocycles. The second-order valence-corrected chi connectivity index (χ2v) is 7.08. The Labute approximate surface area is 122 Å². The molecule has 0 fully saturated rings. The van der Waals surface area contributed by atoms with Gasteiger partial charge in [0.15, 0.2) is 6.61 Å². The maximum Gasteiger partial charge on any atom is 0.343 e. The highest BCUT2D eigenvalue weighted by Gasteiger charge is 2.23. The molecule has 0 heterocycles. The number of carbonyl (C=O) groups excluding carboxylic acids is 1. The topological polar surface area (TPSA) is 35.5 Å².